The molecule has 21 heavy (non-hydrogen) atoms. The lowest BCUT2D eigenvalue weighted by Crippen LogP contribution is -2.46. The Bertz CT molecular complexity index is 488. The van der Waals surface area contributed by atoms with E-state index in [4.69, 9.17) is 21.4 Å². The third-order valence-corrected chi connectivity index (χ3v) is 4.31. The van der Waals surface area contributed by atoms with Gasteiger partial charge in [-0.15, -0.1) is 0 Å². The SMILES string of the molecule is Cc1cc(OCC(=O)N(CCCO)C2CCC2)ccc1Cl. The number of carbonyl (C=O) groups excluding carboxylic acids is 1. The smallest absolute Gasteiger partial charge is 0.260 e. The summed E-state index contributed by atoms with van der Waals surface area (Å²) in [5.74, 6) is 0.640. The summed E-state index contributed by atoms with van der Waals surface area (Å²) in [5.41, 5.74) is 0.928. The molecule has 5 heteroatoms. The van der Waals surface area contributed by atoms with Crippen LogP contribution in [-0.2, 0) is 4.79 Å². The molecule has 0 unspecified atom stereocenters. The molecule has 0 spiro atoms. The van der Waals surface area contributed by atoms with Crippen LogP contribution in [-0.4, -0.2) is 41.7 Å². The maximum Gasteiger partial charge on any atom is 0.260 e. The summed E-state index contributed by atoms with van der Waals surface area (Å²) in [6.45, 7) is 2.64. The summed E-state index contributed by atoms with van der Waals surface area (Å²) >= 11 is 5.96. The average Bonchev–Trinajstić information content (AvgIpc) is 2.42. The van der Waals surface area contributed by atoms with Crippen LogP contribution in [0.25, 0.3) is 0 Å². The molecule has 1 fully saturated rings. The molecule has 1 aliphatic carbocycles. The molecule has 1 aromatic rings. The molecule has 1 amide bonds. The molecule has 0 aromatic heterocycles. The Morgan fingerprint density at radius 3 is 2.81 bits per heavy atom. The van der Waals surface area contributed by atoms with E-state index < -0.39 is 0 Å². The topological polar surface area (TPSA) is 49.8 Å². The summed E-state index contributed by atoms with van der Waals surface area (Å²) in [6, 6.07) is 5.69. The van der Waals surface area contributed by atoms with Crippen LogP contribution in [0.1, 0.15) is 31.2 Å². The zero-order valence-corrected chi connectivity index (χ0v) is 13.1. The van der Waals surface area contributed by atoms with Crippen molar-refractivity contribution in [3.8, 4) is 5.75 Å². The van der Waals surface area contributed by atoms with E-state index in [0.29, 0.717) is 29.8 Å². The Morgan fingerprint density at radius 2 is 2.24 bits per heavy atom. The van der Waals surface area contributed by atoms with Crippen molar-refractivity contribution in [2.45, 2.75) is 38.6 Å². The van der Waals surface area contributed by atoms with Crippen molar-refractivity contribution in [2.75, 3.05) is 19.8 Å². The molecule has 0 radical (unpaired) electrons. The summed E-state index contributed by atoms with van der Waals surface area (Å²) in [5, 5.41) is 9.64. The summed E-state index contributed by atoms with van der Waals surface area (Å²) in [7, 11) is 0. The first-order valence-corrected chi connectivity index (χ1v) is 7.79. The van der Waals surface area contributed by atoms with Gasteiger partial charge in [0.25, 0.3) is 5.91 Å². The van der Waals surface area contributed by atoms with Crippen LogP contribution < -0.4 is 4.74 Å². The van der Waals surface area contributed by atoms with Crippen molar-refractivity contribution in [3.63, 3.8) is 0 Å². The molecular weight excluding hydrogens is 290 g/mol. The molecule has 2 rings (SSSR count). The van der Waals surface area contributed by atoms with Crippen molar-refractivity contribution in [3.05, 3.63) is 28.8 Å². The minimum Gasteiger partial charge on any atom is -0.484 e. The predicted octanol–water partition coefficient (Wildman–Crippen LogP) is 2.79. The number of amides is 1. The molecule has 0 atom stereocenters. The van der Waals surface area contributed by atoms with Gasteiger partial charge in [-0.3, -0.25) is 4.79 Å². The van der Waals surface area contributed by atoms with Gasteiger partial charge in [0.2, 0.25) is 0 Å². The fraction of sp³-hybridized carbons (Fsp3) is 0.562. The second-order valence-electron chi connectivity index (χ2n) is 5.45. The van der Waals surface area contributed by atoms with Crippen molar-refractivity contribution in [1.82, 2.24) is 4.90 Å². The van der Waals surface area contributed by atoms with E-state index in [0.717, 1.165) is 18.4 Å². The fourth-order valence-corrected chi connectivity index (χ4v) is 2.50. The van der Waals surface area contributed by atoms with Crippen LogP contribution in [0.4, 0.5) is 0 Å². The Balaban J connectivity index is 1.89. The van der Waals surface area contributed by atoms with Gasteiger partial charge in [-0.1, -0.05) is 11.6 Å². The highest BCUT2D eigenvalue weighted by Crippen LogP contribution is 2.25. The first kappa shape index (κ1) is 16.1. The first-order valence-electron chi connectivity index (χ1n) is 7.41. The zero-order chi connectivity index (χ0) is 15.2. The number of benzene rings is 1. The summed E-state index contributed by atoms with van der Waals surface area (Å²) in [4.78, 5) is 14.2. The van der Waals surface area contributed by atoms with Crippen LogP contribution in [0.15, 0.2) is 18.2 Å². The quantitative estimate of drug-likeness (QED) is 0.842. The largest absolute Gasteiger partial charge is 0.484 e. The van der Waals surface area contributed by atoms with Gasteiger partial charge < -0.3 is 14.7 Å². The third-order valence-electron chi connectivity index (χ3n) is 3.88. The molecule has 1 N–H and O–H groups in total. The lowest BCUT2D eigenvalue weighted by atomic mass is 9.91. The standard InChI is InChI=1S/C16H22ClNO3/c1-12-10-14(6-7-15(12)17)21-11-16(20)18(8-3-9-19)13-4-2-5-13/h6-7,10,13,19H,2-5,8-9,11H2,1H3. The molecule has 0 bridgehead atoms. The molecule has 0 aliphatic heterocycles. The lowest BCUT2D eigenvalue weighted by molar-refractivity contribution is -0.137. The first-order chi connectivity index (χ1) is 10.1. The second kappa shape index (κ2) is 7.66. The Kier molecular flexibility index (Phi) is 5.88. The van der Waals surface area contributed by atoms with Gasteiger partial charge in [-0.05, 0) is 56.4 Å². The number of ether oxygens (including phenoxy) is 1. The molecular formula is C16H22ClNO3. The van der Waals surface area contributed by atoms with E-state index in [1.807, 2.05) is 17.9 Å². The highest BCUT2D eigenvalue weighted by atomic mass is 35.5. The number of aryl methyl sites for hydroxylation is 1. The number of rotatable bonds is 7. The van der Waals surface area contributed by atoms with Gasteiger partial charge in [0, 0.05) is 24.2 Å². The number of aliphatic hydroxyl groups excluding tert-OH is 1. The minimum atomic E-state index is -0.0132. The molecule has 1 aromatic carbocycles. The van der Waals surface area contributed by atoms with Crippen molar-refractivity contribution < 1.29 is 14.6 Å². The Hall–Kier alpha value is -1.26. The number of aliphatic hydroxyl groups is 1. The Labute approximate surface area is 130 Å². The highest BCUT2D eigenvalue weighted by Gasteiger charge is 2.28. The van der Waals surface area contributed by atoms with Crippen molar-refractivity contribution >= 4 is 17.5 Å². The maximum absolute atomic E-state index is 12.3. The van der Waals surface area contributed by atoms with Gasteiger partial charge in [-0.2, -0.15) is 0 Å². The van der Waals surface area contributed by atoms with E-state index in [9.17, 15) is 4.79 Å². The van der Waals surface area contributed by atoms with Gasteiger partial charge in [0.05, 0.1) is 0 Å². The monoisotopic (exact) mass is 311 g/mol. The number of nitrogens with zero attached hydrogens (tertiary/aromatic N) is 1. The number of carbonyl (C=O) groups is 1. The molecule has 1 aliphatic rings. The number of hydrogen-bond acceptors (Lipinski definition) is 3. The van der Waals surface area contributed by atoms with Gasteiger partial charge >= 0.3 is 0 Å². The summed E-state index contributed by atoms with van der Waals surface area (Å²) < 4.78 is 5.57. The van der Waals surface area contributed by atoms with E-state index in [2.05, 4.69) is 0 Å². The van der Waals surface area contributed by atoms with E-state index in [1.54, 1.807) is 12.1 Å². The molecule has 0 saturated heterocycles. The van der Waals surface area contributed by atoms with Gasteiger partial charge in [-0.25, -0.2) is 0 Å². The number of halogens is 1. The lowest BCUT2D eigenvalue weighted by Gasteiger charge is -2.37. The van der Waals surface area contributed by atoms with Crippen molar-refractivity contribution in [1.29, 1.82) is 0 Å². The van der Waals surface area contributed by atoms with E-state index >= 15 is 0 Å². The minimum absolute atomic E-state index is 0.0132. The fourth-order valence-electron chi connectivity index (χ4n) is 2.39. The normalized spacial score (nSPS) is 14.6. The van der Waals surface area contributed by atoms with Gasteiger partial charge in [0.15, 0.2) is 6.61 Å². The van der Waals surface area contributed by atoms with Crippen LogP contribution in [0.2, 0.25) is 5.02 Å². The van der Waals surface area contributed by atoms with Crippen LogP contribution in [0, 0.1) is 6.92 Å². The van der Waals surface area contributed by atoms with Gasteiger partial charge in [0.1, 0.15) is 5.75 Å². The molecule has 1 saturated carbocycles. The number of hydrogen-bond donors (Lipinski definition) is 1. The Morgan fingerprint density at radius 1 is 1.48 bits per heavy atom. The van der Waals surface area contributed by atoms with E-state index in [-0.39, 0.29) is 19.1 Å². The summed E-state index contributed by atoms with van der Waals surface area (Å²) in [6.07, 6.45) is 3.89. The predicted molar refractivity (Wildman–Crippen MR) is 82.7 cm³/mol. The second-order valence-corrected chi connectivity index (χ2v) is 5.86. The molecule has 4 nitrogen and oxygen atoms in total. The maximum atomic E-state index is 12.3. The third kappa shape index (κ3) is 4.35. The highest BCUT2D eigenvalue weighted by molar-refractivity contribution is 6.31. The average molecular weight is 312 g/mol. The van der Waals surface area contributed by atoms with Crippen molar-refractivity contribution in [2.24, 2.45) is 0 Å². The van der Waals surface area contributed by atoms with E-state index in [1.165, 1.54) is 6.42 Å². The molecule has 0 heterocycles. The van der Waals surface area contributed by atoms with Crippen LogP contribution in [0.3, 0.4) is 0 Å². The van der Waals surface area contributed by atoms with Crippen LogP contribution >= 0.6 is 11.6 Å². The molecule has 116 valence electrons. The van der Waals surface area contributed by atoms with Crippen LogP contribution in [0.5, 0.6) is 5.75 Å². The zero-order valence-electron chi connectivity index (χ0n) is 12.3.